The number of aryl methyl sites for hydroxylation is 1. The van der Waals surface area contributed by atoms with Crippen molar-refractivity contribution in [3.05, 3.63) is 30.4 Å². The standard InChI is InChI=1S/C21H30N6O3/c1-25-16-17(18-14-23-21(24-15-18)27-7-11-30-12-8-27)13-19(25)20(28)22-3-2-4-26-5-9-29-10-6-26/h13-16H,2-12H2,1H3,(H,22,28). The highest BCUT2D eigenvalue weighted by molar-refractivity contribution is 5.94. The molecule has 0 bridgehead atoms. The van der Waals surface area contributed by atoms with E-state index in [1.54, 1.807) is 0 Å². The van der Waals surface area contributed by atoms with Gasteiger partial charge in [0.05, 0.1) is 26.4 Å². The minimum atomic E-state index is -0.0587. The number of ether oxygens (including phenoxy) is 2. The Morgan fingerprint density at radius 2 is 1.70 bits per heavy atom. The van der Waals surface area contributed by atoms with Gasteiger partial charge in [-0.25, -0.2) is 9.97 Å². The lowest BCUT2D eigenvalue weighted by atomic mass is 10.2. The van der Waals surface area contributed by atoms with Crippen LogP contribution in [-0.4, -0.2) is 91.0 Å². The predicted molar refractivity (Wildman–Crippen MR) is 114 cm³/mol. The number of amides is 1. The second kappa shape index (κ2) is 10.0. The Morgan fingerprint density at radius 1 is 1.03 bits per heavy atom. The molecule has 0 aromatic carbocycles. The minimum absolute atomic E-state index is 0.0587. The third kappa shape index (κ3) is 5.16. The molecule has 4 heterocycles. The Bertz CT molecular complexity index is 826. The smallest absolute Gasteiger partial charge is 0.267 e. The third-order valence-electron chi connectivity index (χ3n) is 5.54. The first-order valence-electron chi connectivity index (χ1n) is 10.6. The van der Waals surface area contributed by atoms with Gasteiger partial charge < -0.3 is 24.3 Å². The fourth-order valence-corrected chi connectivity index (χ4v) is 3.76. The number of hydrogen-bond donors (Lipinski definition) is 1. The number of nitrogens with one attached hydrogen (secondary N) is 1. The molecular weight excluding hydrogens is 384 g/mol. The number of morpholine rings is 2. The molecule has 162 valence electrons. The van der Waals surface area contributed by atoms with Crippen LogP contribution in [0.5, 0.6) is 0 Å². The average molecular weight is 415 g/mol. The maximum Gasteiger partial charge on any atom is 0.267 e. The molecule has 2 aliphatic heterocycles. The first-order valence-corrected chi connectivity index (χ1v) is 10.6. The summed E-state index contributed by atoms with van der Waals surface area (Å²) in [7, 11) is 1.88. The van der Waals surface area contributed by atoms with Crippen molar-refractivity contribution >= 4 is 11.9 Å². The minimum Gasteiger partial charge on any atom is -0.379 e. The van der Waals surface area contributed by atoms with Gasteiger partial charge in [0, 0.05) is 69.5 Å². The molecule has 9 nitrogen and oxygen atoms in total. The van der Waals surface area contributed by atoms with Crippen LogP contribution in [0.3, 0.4) is 0 Å². The molecule has 1 N–H and O–H groups in total. The maximum atomic E-state index is 12.6. The largest absolute Gasteiger partial charge is 0.379 e. The average Bonchev–Trinajstić information content (AvgIpc) is 3.20. The number of aromatic nitrogens is 3. The van der Waals surface area contributed by atoms with Gasteiger partial charge in [0.2, 0.25) is 5.95 Å². The van der Waals surface area contributed by atoms with E-state index < -0.39 is 0 Å². The van der Waals surface area contributed by atoms with Crippen LogP contribution in [-0.2, 0) is 16.5 Å². The fraction of sp³-hybridized carbons (Fsp3) is 0.571. The van der Waals surface area contributed by atoms with Gasteiger partial charge in [-0.1, -0.05) is 0 Å². The van der Waals surface area contributed by atoms with Crippen molar-refractivity contribution in [1.82, 2.24) is 24.8 Å². The van der Waals surface area contributed by atoms with Crippen molar-refractivity contribution in [2.45, 2.75) is 6.42 Å². The number of rotatable bonds is 7. The van der Waals surface area contributed by atoms with Gasteiger partial charge in [0.15, 0.2) is 0 Å². The SMILES string of the molecule is Cn1cc(-c2cnc(N3CCOCC3)nc2)cc1C(=O)NCCCN1CCOCC1. The van der Waals surface area contributed by atoms with E-state index in [0.29, 0.717) is 25.5 Å². The van der Waals surface area contributed by atoms with Crippen molar-refractivity contribution in [1.29, 1.82) is 0 Å². The predicted octanol–water partition coefficient (Wildman–Crippen LogP) is 0.771. The highest BCUT2D eigenvalue weighted by Gasteiger charge is 2.16. The lowest BCUT2D eigenvalue weighted by molar-refractivity contribution is 0.0374. The van der Waals surface area contributed by atoms with Crippen molar-refractivity contribution in [3.8, 4) is 11.1 Å². The van der Waals surface area contributed by atoms with E-state index in [0.717, 1.165) is 69.4 Å². The van der Waals surface area contributed by atoms with Crippen LogP contribution in [0.4, 0.5) is 5.95 Å². The summed E-state index contributed by atoms with van der Waals surface area (Å²) in [6.07, 6.45) is 6.50. The normalized spacial score (nSPS) is 17.8. The van der Waals surface area contributed by atoms with E-state index in [1.165, 1.54) is 0 Å². The molecular formula is C21H30N6O3. The van der Waals surface area contributed by atoms with E-state index >= 15 is 0 Å². The first-order chi connectivity index (χ1) is 14.7. The molecule has 2 aromatic heterocycles. The zero-order chi connectivity index (χ0) is 20.8. The highest BCUT2D eigenvalue weighted by Crippen LogP contribution is 2.22. The Morgan fingerprint density at radius 3 is 2.40 bits per heavy atom. The molecule has 0 aliphatic carbocycles. The van der Waals surface area contributed by atoms with Crippen LogP contribution in [0, 0.1) is 0 Å². The summed E-state index contributed by atoms with van der Waals surface area (Å²) < 4.78 is 12.6. The van der Waals surface area contributed by atoms with Gasteiger partial charge in [-0.2, -0.15) is 0 Å². The quantitative estimate of drug-likeness (QED) is 0.670. The Balaban J connectivity index is 1.31. The molecule has 2 aromatic rings. The molecule has 1 amide bonds. The van der Waals surface area contributed by atoms with Crippen LogP contribution >= 0.6 is 0 Å². The van der Waals surface area contributed by atoms with E-state index in [9.17, 15) is 4.79 Å². The zero-order valence-corrected chi connectivity index (χ0v) is 17.5. The second-order valence-corrected chi connectivity index (χ2v) is 7.66. The van der Waals surface area contributed by atoms with E-state index in [4.69, 9.17) is 9.47 Å². The Hall–Kier alpha value is -2.49. The summed E-state index contributed by atoms with van der Waals surface area (Å²) in [6.45, 7) is 8.21. The maximum absolute atomic E-state index is 12.6. The van der Waals surface area contributed by atoms with Crippen LogP contribution in [0.15, 0.2) is 24.7 Å². The number of carbonyl (C=O) groups excluding carboxylic acids is 1. The fourth-order valence-electron chi connectivity index (χ4n) is 3.76. The molecule has 0 unspecified atom stereocenters. The lowest BCUT2D eigenvalue weighted by Gasteiger charge is -2.26. The lowest BCUT2D eigenvalue weighted by Crippen LogP contribution is -2.38. The molecule has 30 heavy (non-hydrogen) atoms. The zero-order valence-electron chi connectivity index (χ0n) is 17.5. The van der Waals surface area contributed by atoms with E-state index in [2.05, 4.69) is 25.1 Å². The molecule has 0 saturated carbocycles. The Labute approximate surface area is 177 Å². The Kier molecular flexibility index (Phi) is 6.93. The summed E-state index contributed by atoms with van der Waals surface area (Å²) in [5.74, 6) is 0.660. The van der Waals surface area contributed by atoms with Crippen molar-refractivity contribution in [3.63, 3.8) is 0 Å². The van der Waals surface area contributed by atoms with Crippen molar-refractivity contribution < 1.29 is 14.3 Å². The molecule has 4 rings (SSSR count). The van der Waals surface area contributed by atoms with Crippen LogP contribution < -0.4 is 10.2 Å². The summed E-state index contributed by atoms with van der Waals surface area (Å²) in [6, 6.07) is 1.89. The van der Waals surface area contributed by atoms with Gasteiger partial charge in [0.1, 0.15) is 5.69 Å². The number of carbonyl (C=O) groups is 1. The number of anilines is 1. The van der Waals surface area contributed by atoms with E-state index in [-0.39, 0.29) is 5.91 Å². The summed E-state index contributed by atoms with van der Waals surface area (Å²) >= 11 is 0. The topological polar surface area (TPSA) is 84.8 Å². The van der Waals surface area contributed by atoms with Crippen LogP contribution in [0.25, 0.3) is 11.1 Å². The van der Waals surface area contributed by atoms with Gasteiger partial charge in [0.25, 0.3) is 5.91 Å². The molecule has 0 radical (unpaired) electrons. The molecule has 9 heteroatoms. The van der Waals surface area contributed by atoms with Crippen molar-refractivity contribution in [2.75, 3.05) is 70.6 Å². The molecule has 2 aliphatic rings. The van der Waals surface area contributed by atoms with Gasteiger partial charge in [-0.05, 0) is 19.0 Å². The monoisotopic (exact) mass is 414 g/mol. The molecule has 0 atom stereocenters. The second-order valence-electron chi connectivity index (χ2n) is 7.66. The summed E-state index contributed by atoms with van der Waals surface area (Å²) in [5, 5.41) is 3.03. The number of nitrogens with zero attached hydrogens (tertiary/aromatic N) is 5. The van der Waals surface area contributed by atoms with Crippen molar-refractivity contribution in [2.24, 2.45) is 7.05 Å². The van der Waals surface area contributed by atoms with Gasteiger partial charge in [-0.3, -0.25) is 9.69 Å². The van der Waals surface area contributed by atoms with E-state index in [1.807, 2.05) is 36.3 Å². The highest BCUT2D eigenvalue weighted by atomic mass is 16.5. The molecule has 2 saturated heterocycles. The van der Waals surface area contributed by atoms with Crippen LogP contribution in [0.2, 0.25) is 0 Å². The third-order valence-corrected chi connectivity index (χ3v) is 5.54. The number of hydrogen-bond acceptors (Lipinski definition) is 7. The first kappa shape index (κ1) is 20.8. The van der Waals surface area contributed by atoms with Gasteiger partial charge in [-0.15, -0.1) is 0 Å². The van der Waals surface area contributed by atoms with Gasteiger partial charge >= 0.3 is 0 Å². The summed E-state index contributed by atoms with van der Waals surface area (Å²) in [4.78, 5) is 26.1. The van der Waals surface area contributed by atoms with Crippen LogP contribution in [0.1, 0.15) is 16.9 Å². The molecule has 0 spiro atoms. The summed E-state index contributed by atoms with van der Waals surface area (Å²) in [5.41, 5.74) is 2.46. The molecule has 2 fully saturated rings.